The highest BCUT2D eigenvalue weighted by atomic mass is 32.2. The van der Waals surface area contributed by atoms with Crippen molar-refractivity contribution in [2.45, 2.75) is 18.7 Å². The molecule has 4 aromatic rings. The summed E-state index contributed by atoms with van der Waals surface area (Å²) < 4.78 is 43.9. The monoisotopic (exact) mass is 587 g/mol. The maximum Gasteiger partial charge on any atom is 0.343 e. The summed E-state index contributed by atoms with van der Waals surface area (Å²) in [7, 11) is -2.22. The largest absolute Gasteiger partial charge is 0.497 e. The van der Waals surface area contributed by atoms with Crippen LogP contribution in [0.3, 0.4) is 0 Å². The fourth-order valence-electron chi connectivity index (χ4n) is 3.69. The van der Waals surface area contributed by atoms with Crippen molar-refractivity contribution in [3.8, 4) is 17.2 Å². The molecule has 0 heterocycles. The number of carbonyl (C=O) groups is 2. The molecule has 0 unspecified atom stereocenters. The topological polar surface area (TPSA) is 132 Å². The van der Waals surface area contributed by atoms with Crippen LogP contribution in [0.25, 0.3) is 0 Å². The van der Waals surface area contributed by atoms with Crippen molar-refractivity contribution < 1.29 is 32.2 Å². The van der Waals surface area contributed by atoms with Crippen LogP contribution >= 0.6 is 0 Å². The molecule has 0 aliphatic heterocycles. The first kappa shape index (κ1) is 29.8. The number of anilines is 1. The normalized spacial score (nSPS) is 11.1. The summed E-state index contributed by atoms with van der Waals surface area (Å²) in [6.45, 7) is 4.01. The number of aryl methyl sites for hydroxylation is 1. The Bertz CT molecular complexity index is 1680. The van der Waals surface area contributed by atoms with E-state index in [0.29, 0.717) is 34.9 Å². The zero-order chi connectivity index (χ0) is 30.1. The van der Waals surface area contributed by atoms with E-state index < -0.39 is 21.9 Å². The van der Waals surface area contributed by atoms with Crippen molar-refractivity contribution in [1.82, 2.24) is 5.43 Å². The molecular formula is C31H29N3O7S. The molecule has 0 saturated heterocycles. The molecule has 0 aliphatic rings. The van der Waals surface area contributed by atoms with Gasteiger partial charge in [-0.25, -0.2) is 18.6 Å². The summed E-state index contributed by atoms with van der Waals surface area (Å²) in [6, 6.07) is 23.8. The van der Waals surface area contributed by atoms with Crippen LogP contribution in [0.4, 0.5) is 5.69 Å². The Morgan fingerprint density at radius 2 is 1.52 bits per heavy atom. The van der Waals surface area contributed by atoms with E-state index in [1.807, 2.05) is 6.92 Å². The van der Waals surface area contributed by atoms with E-state index in [4.69, 9.17) is 14.2 Å². The molecule has 0 aromatic heterocycles. The Labute approximate surface area is 244 Å². The van der Waals surface area contributed by atoms with Crippen molar-refractivity contribution in [2.24, 2.45) is 5.10 Å². The van der Waals surface area contributed by atoms with E-state index >= 15 is 0 Å². The average molecular weight is 588 g/mol. The van der Waals surface area contributed by atoms with Crippen LogP contribution in [0.15, 0.2) is 101 Å². The summed E-state index contributed by atoms with van der Waals surface area (Å²) in [5.74, 6) is 0.140. The maximum atomic E-state index is 12.6. The molecule has 0 atom stereocenters. The molecule has 1 amide bonds. The summed E-state index contributed by atoms with van der Waals surface area (Å²) in [5.41, 5.74) is 4.91. The van der Waals surface area contributed by atoms with Gasteiger partial charge in [-0.05, 0) is 98.3 Å². The fraction of sp³-hybridized carbons (Fsp3) is 0.129. The van der Waals surface area contributed by atoms with Gasteiger partial charge in [0, 0.05) is 11.3 Å². The first-order chi connectivity index (χ1) is 20.2. The third-order valence-corrected chi connectivity index (χ3v) is 7.30. The van der Waals surface area contributed by atoms with Gasteiger partial charge < -0.3 is 14.2 Å². The highest BCUT2D eigenvalue weighted by molar-refractivity contribution is 7.92. The lowest BCUT2D eigenvalue weighted by Gasteiger charge is -2.11. The molecule has 42 heavy (non-hydrogen) atoms. The minimum atomic E-state index is -3.76. The number of hydrazone groups is 1. The lowest BCUT2D eigenvalue weighted by molar-refractivity contribution is 0.0728. The number of rotatable bonds is 11. The maximum absolute atomic E-state index is 12.6. The molecule has 0 bridgehead atoms. The van der Waals surface area contributed by atoms with Gasteiger partial charge in [-0.2, -0.15) is 5.10 Å². The van der Waals surface area contributed by atoms with Crippen LogP contribution in [-0.4, -0.2) is 40.2 Å². The third kappa shape index (κ3) is 7.73. The van der Waals surface area contributed by atoms with Crippen LogP contribution < -0.4 is 24.4 Å². The van der Waals surface area contributed by atoms with E-state index in [1.54, 1.807) is 61.5 Å². The lowest BCUT2D eigenvalue weighted by Crippen LogP contribution is -2.18. The van der Waals surface area contributed by atoms with Crippen molar-refractivity contribution >= 4 is 33.8 Å². The number of hydrogen-bond donors (Lipinski definition) is 2. The number of ether oxygens (including phenoxy) is 3. The predicted octanol–water partition coefficient (Wildman–Crippen LogP) is 5.19. The van der Waals surface area contributed by atoms with E-state index in [2.05, 4.69) is 15.2 Å². The van der Waals surface area contributed by atoms with Crippen LogP contribution in [-0.2, 0) is 10.0 Å². The lowest BCUT2D eigenvalue weighted by atomic mass is 10.2. The van der Waals surface area contributed by atoms with Gasteiger partial charge in [-0.3, -0.25) is 9.52 Å². The number of methoxy groups -OCH3 is 1. The summed E-state index contributed by atoms with van der Waals surface area (Å²) in [6.07, 6.45) is 1.42. The smallest absolute Gasteiger partial charge is 0.343 e. The van der Waals surface area contributed by atoms with Gasteiger partial charge in [-0.15, -0.1) is 0 Å². The van der Waals surface area contributed by atoms with Crippen molar-refractivity contribution in [2.75, 3.05) is 18.4 Å². The highest BCUT2D eigenvalue weighted by Crippen LogP contribution is 2.29. The Kier molecular flexibility index (Phi) is 9.56. The van der Waals surface area contributed by atoms with Crippen LogP contribution in [0.5, 0.6) is 17.2 Å². The Morgan fingerprint density at radius 1 is 0.857 bits per heavy atom. The molecule has 2 N–H and O–H groups in total. The number of amides is 1. The number of sulfonamides is 1. The zero-order valence-electron chi connectivity index (χ0n) is 23.2. The number of nitrogens with zero attached hydrogens (tertiary/aromatic N) is 1. The number of hydrogen-bond acceptors (Lipinski definition) is 8. The van der Waals surface area contributed by atoms with Crippen LogP contribution in [0.1, 0.15) is 38.8 Å². The Hall–Kier alpha value is -5.16. The first-order valence-electron chi connectivity index (χ1n) is 12.8. The molecule has 0 saturated carbocycles. The molecule has 4 aromatic carbocycles. The predicted molar refractivity (Wildman–Crippen MR) is 159 cm³/mol. The molecule has 0 fully saturated rings. The van der Waals surface area contributed by atoms with Crippen molar-refractivity contribution in [1.29, 1.82) is 0 Å². The van der Waals surface area contributed by atoms with E-state index in [-0.39, 0.29) is 16.2 Å². The highest BCUT2D eigenvalue weighted by Gasteiger charge is 2.15. The number of esters is 1. The van der Waals surface area contributed by atoms with Gasteiger partial charge in [0.1, 0.15) is 5.75 Å². The van der Waals surface area contributed by atoms with Crippen molar-refractivity contribution in [3.63, 3.8) is 0 Å². The molecule has 0 spiro atoms. The fourth-order valence-corrected chi connectivity index (χ4v) is 4.75. The first-order valence-corrected chi connectivity index (χ1v) is 14.3. The number of benzene rings is 4. The quantitative estimate of drug-likeness (QED) is 0.107. The van der Waals surface area contributed by atoms with Gasteiger partial charge in [0.15, 0.2) is 11.5 Å². The summed E-state index contributed by atoms with van der Waals surface area (Å²) in [4.78, 5) is 25.3. The standard InChI is InChI=1S/C31H29N3O7S/c1-4-40-29-19-22(7-18-28(29)41-31(36)24-10-14-26(39-3)15-11-24)20-32-33-30(35)23-8-12-25(13-9-23)34-42(37,38)27-16-5-21(2)6-17-27/h5-20,34H,4H2,1-3H3,(H,33,35). The third-order valence-electron chi connectivity index (χ3n) is 5.91. The molecule has 216 valence electrons. The average Bonchev–Trinajstić information content (AvgIpc) is 2.99. The Balaban J connectivity index is 1.37. The number of carbonyl (C=O) groups excluding carboxylic acids is 2. The van der Waals surface area contributed by atoms with Gasteiger partial charge >= 0.3 is 5.97 Å². The number of nitrogens with one attached hydrogen (secondary N) is 2. The minimum Gasteiger partial charge on any atom is -0.497 e. The van der Waals surface area contributed by atoms with Gasteiger partial charge in [0.05, 0.1) is 30.4 Å². The second kappa shape index (κ2) is 13.5. The van der Waals surface area contributed by atoms with Gasteiger partial charge in [0.2, 0.25) is 0 Å². The van der Waals surface area contributed by atoms with Crippen LogP contribution in [0.2, 0.25) is 0 Å². The molecular weight excluding hydrogens is 558 g/mol. The molecule has 0 aliphatic carbocycles. The van der Waals surface area contributed by atoms with E-state index in [9.17, 15) is 18.0 Å². The molecule has 0 radical (unpaired) electrons. The zero-order valence-corrected chi connectivity index (χ0v) is 24.0. The SMILES string of the molecule is CCOc1cc(C=NNC(=O)c2ccc(NS(=O)(=O)c3ccc(C)cc3)cc2)ccc1OC(=O)c1ccc(OC)cc1. The molecule has 11 heteroatoms. The van der Waals surface area contributed by atoms with E-state index in [1.165, 1.54) is 49.7 Å². The summed E-state index contributed by atoms with van der Waals surface area (Å²) in [5, 5.41) is 3.99. The minimum absolute atomic E-state index is 0.139. The molecule has 4 rings (SSSR count). The van der Waals surface area contributed by atoms with Crippen molar-refractivity contribution in [3.05, 3.63) is 113 Å². The second-order valence-corrected chi connectivity index (χ2v) is 10.6. The van der Waals surface area contributed by atoms with Crippen LogP contribution in [0, 0.1) is 6.92 Å². The second-order valence-electron chi connectivity index (χ2n) is 8.95. The van der Waals surface area contributed by atoms with E-state index in [0.717, 1.165) is 5.56 Å². The van der Waals surface area contributed by atoms with Gasteiger partial charge in [-0.1, -0.05) is 17.7 Å². The molecule has 10 nitrogen and oxygen atoms in total. The summed E-state index contributed by atoms with van der Waals surface area (Å²) >= 11 is 0. The Morgan fingerprint density at radius 3 is 2.17 bits per heavy atom. The van der Waals surface area contributed by atoms with Gasteiger partial charge in [0.25, 0.3) is 15.9 Å².